The topological polar surface area (TPSA) is 36.4 Å². The van der Waals surface area contributed by atoms with Gasteiger partial charge in [0.25, 0.3) is 5.91 Å². The molecule has 4 nitrogen and oxygen atoms in total. The molecule has 3 aromatic rings. The van der Waals surface area contributed by atoms with Gasteiger partial charge in [0.05, 0.1) is 16.6 Å². The number of piperazine rings is 1. The van der Waals surface area contributed by atoms with Gasteiger partial charge in [-0.25, -0.2) is 0 Å². The van der Waals surface area contributed by atoms with E-state index in [-0.39, 0.29) is 5.91 Å². The molecule has 1 fully saturated rings. The predicted molar refractivity (Wildman–Crippen MR) is 104 cm³/mol. The zero-order valence-electron chi connectivity index (χ0n) is 15.7. The monoisotopic (exact) mass is 399 g/mol. The number of pyridine rings is 1. The molecule has 2 heterocycles. The van der Waals surface area contributed by atoms with Crippen LogP contribution < -0.4 is 0 Å². The van der Waals surface area contributed by atoms with Crippen molar-refractivity contribution >= 4 is 16.8 Å². The lowest BCUT2D eigenvalue weighted by molar-refractivity contribution is -0.137. The summed E-state index contributed by atoms with van der Waals surface area (Å²) in [6, 6.07) is 14.7. The van der Waals surface area contributed by atoms with Gasteiger partial charge >= 0.3 is 6.18 Å². The summed E-state index contributed by atoms with van der Waals surface area (Å²) in [5.74, 6) is -0.0620. The van der Waals surface area contributed by atoms with Crippen LogP contribution in [0.2, 0.25) is 0 Å². The summed E-state index contributed by atoms with van der Waals surface area (Å²) in [6.07, 6.45) is -2.67. The van der Waals surface area contributed by atoms with Crippen molar-refractivity contribution in [3.8, 4) is 0 Å². The largest absolute Gasteiger partial charge is 0.416 e. The minimum Gasteiger partial charge on any atom is -0.336 e. The van der Waals surface area contributed by atoms with E-state index in [1.54, 1.807) is 23.2 Å². The van der Waals surface area contributed by atoms with Crippen LogP contribution in [-0.4, -0.2) is 46.9 Å². The predicted octanol–water partition coefficient (Wildman–Crippen LogP) is 4.21. The molecule has 29 heavy (non-hydrogen) atoms. The van der Waals surface area contributed by atoms with Gasteiger partial charge < -0.3 is 4.90 Å². The lowest BCUT2D eigenvalue weighted by Gasteiger charge is -2.35. The van der Waals surface area contributed by atoms with Crippen molar-refractivity contribution in [3.63, 3.8) is 0 Å². The second-order valence-electron chi connectivity index (χ2n) is 7.15. The molecule has 0 radical (unpaired) electrons. The number of rotatable bonds is 3. The van der Waals surface area contributed by atoms with Crippen LogP contribution in [0.15, 0.2) is 60.8 Å². The average Bonchev–Trinajstić information content (AvgIpc) is 2.73. The first kappa shape index (κ1) is 19.4. The number of hydrogen-bond acceptors (Lipinski definition) is 3. The lowest BCUT2D eigenvalue weighted by atomic mass is 10.1. The van der Waals surface area contributed by atoms with E-state index in [4.69, 9.17) is 0 Å². The maximum atomic E-state index is 13.0. The van der Waals surface area contributed by atoms with Gasteiger partial charge in [-0.2, -0.15) is 13.2 Å². The minimum absolute atomic E-state index is 0.0620. The summed E-state index contributed by atoms with van der Waals surface area (Å²) in [4.78, 5) is 21.2. The molecule has 0 spiro atoms. The van der Waals surface area contributed by atoms with Gasteiger partial charge in [0.1, 0.15) is 0 Å². The quantitative estimate of drug-likeness (QED) is 0.662. The molecule has 1 saturated heterocycles. The van der Waals surface area contributed by atoms with Crippen molar-refractivity contribution in [2.75, 3.05) is 26.2 Å². The SMILES string of the molecule is O=C(c1cccc2cccnc12)N1CCN(Cc2cccc(C(F)(F)F)c2)CC1. The van der Waals surface area contributed by atoms with Crippen molar-refractivity contribution in [2.24, 2.45) is 0 Å². The third-order valence-electron chi connectivity index (χ3n) is 5.18. The summed E-state index contributed by atoms with van der Waals surface area (Å²) in [5.41, 5.74) is 1.26. The number of para-hydroxylation sites is 1. The summed E-state index contributed by atoms with van der Waals surface area (Å²) in [7, 11) is 0. The fourth-order valence-electron chi connectivity index (χ4n) is 3.66. The molecule has 0 saturated carbocycles. The highest BCUT2D eigenvalue weighted by Gasteiger charge is 2.30. The van der Waals surface area contributed by atoms with E-state index >= 15 is 0 Å². The Balaban J connectivity index is 1.41. The highest BCUT2D eigenvalue weighted by molar-refractivity contribution is 6.05. The average molecular weight is 399 g/mol. The van der Waals surface area contributed by atoms with Crippen LogP contribution in [0.4, 0.5) is 13.2 Å². The van der Waals surface area contributed by atoms with Gasteiger partial charge in [0, 0.05) is 44.3 Å². The molecule has 1 aliphatic heterocycles. The van der Waals surface area contributed by atoms with Crippen LogP contribution in [0.5, 0.6) is 0 Å². The van der Waals surface area contributed by atoms with Crippen LogP contribution in [-0.2, 0) is 12.7 Å². The molecule has 1 amide bonds. The number of hydrogen-bond donors (Lipinski definition) is 0. The maximum Gasteiger partial charge on any atom is 0.416 e. The molecule has 0 unspecified atom stereocenters. The summed E-state index contributed by atoms with van der Waals surface area (Å²) in [5, 5.41) is 0.918. The molecule has 0 N–H and O–H groups in total. The second kappa shape index (κ2) is 7.83. The number of amides is 1. The zero-order valence-corrected chi connectivity index (χ0v) is 15.7. The van der Waals surface area contributed by atoms with Gasteiger partial charge in [-0.3, -0.25) is 14.7 Å². The van der Waals surface area contributed by atoms with E-state index in [2.05, 4.69) is 9.88 Å². The first-order valence-corrected chi connectivity index (χ1v) is 9.43. The van der Waals surface area contributed by atoms with E-state index in [9.17, 15) is 18.0 Å². The highest BCUT2D eigenvalue weighted by Crippen LogP contribution is 2.30. The number of nitrogens with zero attached hydrogens (tertiary/aromatic N) is 3. The highest BCUT2D eigenvalue weighted by atomic mass is 19.4. The number of carbonyl (C=O) groups excluding carboxylic acids is 1. The van der Waals surface area contributed by atoms with Crippen molar-refractivity contribution in [2.45, 2.75) is 12.7 Å². The van der Waals surface area contributed by atoms with Crippen molar-refractivity contribution in [3.05, 3.63) is 77.5 Å². The molecule has 0 bridgehead atoms. The van der Waals surface area contributed by atoms with Gasteiger partial charge in [-0.15, -0.1) is 0 Å². The summed E-state index contributed by atoms with van der Waals surface area (Å²) < 4.78 is 38.7. The Morgan fingerprint density at radius 2 is 1.69 bits per heavy atom. The zero-order chi connectivity index (χ0) is 20.4. The van der Waals surface area contributed by atoms with Crippen LogP contribution in [0, 0.1) is 0 Å². The molecule has 1 aliphatic rings. The van der Waals surface area contributed by atoms with Crippen molar-refractivity contribution < 1.29 is 18.0 Å². The van der Waals surface area contributed by atoms with E-state index < -0.39 is 11.7 Å². The maximum absolute atomic E-state index is 13.0. The van der Waals surface area contributed by atoms with E-state index in [0.29, 0.717) is 49.4 Å². The normalized spacial score (nSPS) is 15.6. The Morgan fingerprint density at radius 1 is 0.966 bits per heavy atom. The molecule has 1 aromatic heterocycles. The van der Waals surface area contributed by atoms with Crippen molar-refractivity contribution in [1.82, 2.24) is 14.8 Å². The number of benzene rings is 2. The van der Waals surface area contributed by atoms with Crippen LogP contribution in [0.1, 0.15) is 21.5 Å². The summed E-state index contributed by atoms with van der Waals surface area (Å²) in [6.45, 7) is 2.71. The number of halogens is 3. The molecule has 7 heteroatoms. The molecular weight excluding hydrogens is 379 g/mol. The Morgan fingerprint density at radius 3 is 2.45 bits per heavy atom. The Hall–Kier alpha value is -2.93. The number of alkyl halides is 3. The lowest BCUT2D eigenvalue weighted by Crippen LogP contribution is -2.48. The Bertz CT molecular complexity index is 1020. The van der Waals surface area contributed by atoms with Gasteiger partial charge in [-0.1, -0.05) is 36.4 Å². The second-order valence-corrected chi connectivity index (χ2v) is 7.15. The first-order chi connectivity index (χ1) is 13.9. The third-order valence-corrected chi connectivity index (χ3v) is 5.18. The molecule has 150 valence electrons. The Labute approximate surface area is 166 Å². The molecule has 4 rings (SSSR count). The van der Waals surface area contributed by atoms with E-state index in [1.165, 1.54) is 12.1 Å². The molecule has 2 aromatic carbocycles. The fraction of sp³-hybridized carbons (Fsp3) is 0.273. The van der Waals surface area contributed by atoms with Crippen molar-refractivity contribution in [1.29, 1.82) is 0 Å². The standard InChI is InChI=1S/C22H20F3N3O/c23-22(24,25)18-7-1-4-16(14-18)15-27-10-12-28(13-11-27)21(29)19-8-2-5-17-6-3-9-26-20(17)19/h1-9,14H,10-13,15H2. The van der Waals surface area contributed by atoms with Gasteiger partial charge in [0.15, 0.2) is 0 Å². The van der Waals surface area contributed by atoms with E-state index in [0.717, 1.165) is 11.5 Å². The molecular formula is C22H20F3N3O. The summed E-state index contributed by atoms with van der Waals surface area (Å²) >= 11 is 0. The molecule has 0 aliphatic carbocycles. The third kappa shape index (κ3) is 4.24. The number of carbonyl (C=O) groups is 1. The number of fused-ring (bicyclic) bond motifs is 1. The Kier molecular flexibility index (Phi) is 5.24. The van der Waals surface area contributed by atoms with Crippen LogP contribution in [0.25, 0.3) is 10.9 Å². The van der Waals surface area contributed by atoms with Crippen LogP contribution >= 0.6 is 0 Å². The van der Waals surface area contributed by atoms with Gasteiger partial charge in [-0.05, 0) is 23.8 Å². The minimum atomic E-state index is -4.34. The number of aromatic nitrogens is 1. The molecule has 0 atom stereocenters. The van der Waals surface area contributed by atoms with Gasteiger partial charge in [0.2, 0.25) is 0 Å². The van der Waals surface area contributed by atoms with Crippen LogP contribution in [0.3, 0.4) is 0 Å². The smallest absolute Gasteiger partial charge is 0.336 e. The fourth-order valence-corrected chi connectivity index (χ4v) is 3.66. The van der Waals surface area contributed by atoms with E-state index in [1.807, 2.05) is 24.3 Å². The first-order valence-electron chi connectivity index (χ1n) is 9.43.